The second-order valence-corrected chi connectivity index (χ2v) is 5.57. The van der Waals surface area contributed by atoms with Crippen LogP contribution < -0.4 is 5.73 Å². The average Bonchev–Trinajstić information content (AvgIpc) is 2.48. The number of benzene rings is 1. The number of hydrogen-bond acceptors (Lipinski definition) is 3. The van der Waals surface area contributed by atoms with Crippen molar-refractivity contribution in [3.05, 3.63) is 34.6 Å². The van der Waals surface area contributed by atoms with Crippen LogP contribution in [0, 0.1) is 5.82 Å². The van der Waals surface area contributed by atoms with Crippen molar-refractivity contribution in [2.45, 2.75) is 25.4 Å². The fourth-order valence-corrected chi connectivity index (χ4v) is 2.55. The molecule has 1 saturated heterocycles. The summed E-state index contributed by atoms with van der Waals surface area (Å²) in [5.74, 6) is -0.863. The van der Waals surface area contributed by atoms with E-state index in [4.69, 9.17) is 22.1 Å². The standard InChI is InChI=1S/C15H20ClFN2O2.ClH/c16-11-2-3-13(14(17)10-11)15(20)19-7-4-12(5-8-19)21-9-1-6-18;/h2-3,10,12H,1,4-9,18H2;1H. The molecule has 1 aliphatic heterocycles. The molecule has 1 aromatic carbocycles. The topological polar surface area (TPSA) is 55.6 Å². The van der Waals surface area contributed by atoms with Crippen LogP contribution in [0.4, 0.5) is 4.39 Å². The van der Waals surface area contributed by atoms with Crippen molar-refractivity contribution in [2.75, 3.05) is 26.2 Å². The number of rotatable bonds is 5. The Kier molecular flexibility index (Phi) is 8.10. The van der Waals surface area contributed by atoms with Gasteiger partial charge in [-0.25, -0.2) is 4.39 Å². The Hall–Kier alpha value is -0.880. The normalized spacial score (nSPS) is 15.5. The minimum atomic E-state index is -0.575. The Balaban J connectivity index is 0.00000242. The van der Waals surface area contributed by atoms with Crippen LogP contribution in [0.3, 0.4) is 0 Å². The lowest BCUT2D eigenvalue weighted by atomic mass is 10.1. The van der Waals surface area contributed by atoms with Crippen LogP contribution in [0.5, 0.6) is 0 Å². The predicted molar refractivity (Wildman–Crippen MR) is 87.2 cm³/mol. The van der Waals surface area contributed by atoms with Crippen LogP contribution in [0.15, 0.2) is 18.2 Å². The maximum atomic E-state index is 13.8. The second kappa shape index (κ2) is 9.30. The van der Waals surface area contributed by atoms with Gasteiger partial charge in [-0.1, -0.05) is 11.6 Å². The molecule has 1 amide bonds. The molecule has 124 valence electrons. The first-order valence-electron chi connectivity index (χ1n) is 7.18. The van der Waals surface area contributed by atoms with E-state index in [1.165, 1.54) is 12.1 Å². The van der Waals surface area contributed by atoms with Crippen molar-refractivity contribution in [2.24, 2.45) is 5.73 Å². The summed E-state index contributed by atoms with van der Waals surface area (Å²) in [5, 5.41) is 0.288. The van der Waals surface area contributed by atoms with Gasteiger partial charge in [-0.05, 0) is 44.0 Å². The summed E-state index contributed by atoms with van der Waals surface area (Å²) in [5.41, 5.74) is 5.49. The number of halogens is 3. The monoisotopic (exact) mass is 350 g/mol. The Morgan fingerprint density at radius 1 is 1.41 bits per heavy atom. The van der Waals surface area contributed by atoms with E-state index < -0.39 is 5.82 Å². The highest BCUT2D eigenvalue weighted by molar-refractivity contribution is 6.30. The lowest BCUT2D eigenvalue weighted by molar-refractivity contribution is 0.00834. The molecule has 0 aliphatic carbocycles. The fourth-order valence-electron chi connectivity index (χ4n) is 2.39. The quantitative estimate of drug-likeness (QED) is 0.830. The SMILES string of the molecule is Cl.NCCCOC1CCN(C(=O)c2ccc(Cl)cc2F)CC1. The lowest BCUT2D eigenvalue weighted by Gasteiger charge is -2.32. The first-order chi connectivity index (χ1) is 10.1. The van der Waals surface area contributed by atoms with Crippen LogP contribution in [-0.4, -0.2) is 43.2 Å². The number of hydrogen-bond donors (Lipinski definition) is 1. The molecule has 0 bridgehead atoms. The van der Waals surface area contributed by atoms with E-state index >= 15 is 0 Å². The van der Waals surface area contributed by atoms with Crippen molar-refractivity contribution < 1.29 is 13.9 Å². The number of likely N-dealkylation sites (tertiary alicyclic amines) is 1. The Morgan fingerprint density at radius 2 is 2.09 bits per heavy atom. The van der Waals surface area contributed by atoms with Gasteiger partial charge >= 0.3 is 0 Å². The molecular formula is C15H21Cl2FN2O2. The maximum Gasteiger partial charge on any atom is 0.256 e. The van der Waals surface area contributed by atoms with E-state index in [2.05, 4.69) is 0 Å². The summed E-state index contributed by atoms with van der Waals surface area (Å²) in [7, 11) is 0. The van der Waals surface area contributed by atoms with Gasteiger partial charge < -0.3 is 15.4 Å². The van der Waals surface area contributed by atoms with Crippen molar-refractivity contribution in [3.8, 4) is 0 Å². The van der Waals surface area contributed by atoms with Gasteiger partial charge in [0.2, 0.25) is 0 Å². The average molecular weight is 351 g/mol. The van der Waals surface area contributed by atoms with Gasteiger partial charge in [-0.3, -0.25) is 4.79 Å². The van der Waals surface area contributed by atoms with Gasteiger partial charge in [0.25, 0.3) is 5.91 Å². The highest BCUT2D eigenvalue weighted by atomic mass is 35.5. The third kappa shape index (κ3) is 5.09. The van der Waals surface area contributed by atoms with Crippen LogP contribution in [-0.2, 0) is 4.74 Å². The lowest BCUT2D eigenvalue weighted by Crippen LogP contribution is -2.41. The summed E-state index contributed by atoms with van der Waals surface area (Å²) in [6.07, 6.45) is 2.54. The molecule has 0 radical (unpaired) electrons. The summed E-state index contributed by atoms with van der Waals surface area (Å²) in [6.45, 7) is 2.43. The summed E-state index contributed by atoms with van der Waals surface area (Å²) < 4.78 is 19.5. The Bertz CT molecular complexity index is 494. The molecule has 1 aromatic rings. The molecule has 1 aliphatic rings. The van der Waals surface area contributed by atoms with Crippen molar-refractivity contribution in [1.82, 2.24) is 4.90 Å². The molecule has 0 atom stereocenters. The van der Waals surface area contributed by atoms with Gasteiger partial charge in [0.1, 0.15) is 5.82 Å². The Morgan fingerprint density at radius 3 is 2.68 bits per heavy atom. The first kappa shape index (κ1) is 19.2. The molecule has 0 saturated carbocycles. The van der Waals surface area contributed by atoms with Crippen molar-refractivity contribution in [1.29, 1.82) is 0 Å². The molecule has 4 nitrogen and oxygen atoms in total. The van der Waals surface area contributed by atoms with E-state index in [9.17, 15) is 9.18 Å². The minimum absolute atomic E-state index is 0. The second-order valence-electron chi connectivity index (χ2n) is 5.13. The first-order valence-corrected chi connectivity index (χ1v) is 7.55. The molecule has 2 rings (SSSR count). The molecular weight excluding hydrogens is 330 g/mol. The van der Waals surface area contributed by atoms with E-state index in [0.717, 1.165) is 25.3 Å². The zero-order valence-corrected chi connectivity index (χ0v) is 13.8. The number of carbonyl (C=O) groups excluding carboxylic acids is 1. The molecule has 0 aromatic heterocycles. The summed E-state index contributed by atoms with van der Waals surface area (Å²) >= 11 is 5.70. The maximum absolute atomic E-state index is 13.8. The predicted octanol–water partition coefficient (Wildman–Crippen LogP) is 2.87. The number of carbonyl (C=O) groups is 1. The molecule has 0 unspecified atom stereocenters. The highest BCUT2D eigenvalue weighted by Gasteiger charge is 2.25. The number of nitrogens with zero attached hydrogens (tertiary/aromatic N) is 1. The van der Waals surface area contributed by atoms with Gasteiger partial charge in [0.05, 0.1) is 11.7 Å². The van der Waals surface area contributed by atoms with Crippen LogP contribution >= 0.6 is 24.0 Å². The van der Waals surface area contributed by atoms with E-state index in [1.807, 2.05) is 0 Å². The number of nitrogens with two attached hydrogens (primary N) is 1. The fraction of sp³-hybridized carbons (Fsp3) is 0.533. The van der Waals surface area contributed by atoms with Gasteiger partial charge in [0, 0.05) is 24.7 Å². The van der Waals surface area contributed by atoms with Gasteiger partial charge in [0.15, 0.2) is 0 Å². The zero-order chi connectivity index (χ0) is 15.2. The van der Waals surface area contributed by atoms with E-state index in [-0.39, 0.29) is 35.0 Å². The highest BCUT2D eigenvalue weighted by Crippen LogP contribution is 2.20. The molecule has 0 spiro atoms. The van der Waals surface area contributed by atoms with Crippen LogP contribution in [0.1, 0.15) is 29.6 Å². The third-order valence-corrected chi connectivity index (χ3v) is 3.83. The number of amides is 1. The van der Waals surface area contributed by atoms with Crippen LogP contribution in [0.25, 0.3) is 0 Å². The van der Waals surface area contributed by atoms with Crippen molar-refractivity contribution >= 4 is 29.9 Å². The zero-order valence-electron chi connectivity index (χ0n) is 12.3. The molecule has 22 heavy (non-hydrogen) atoms. The molecule has 1 heterocycles. The number of piperidine rings is 1. The van der Waals surface area contributed by atoms with Crippen molar-refractivity contribution in [3.63, 3.8) is 0 Å². The van der Waals surface area contributed by atoms with Crippen LogP contribution in [0.2, 0.25) is 5.02 Å². The molecule has 2 N–H and O–H groups in total. The number of ether oxygens (including phenoxy) is 1. The Labute approximate surface area is 141 Å². The largest absolute Gasteiger partial charge is 0.378 e. The summed E-state index contributed by atoms with van der Waals surface area (Å²) in [4.78, 5) is 13.9. The minimum Gasteiger partial charge on any atom is -0.378 e. The molecule has 7 heteroatoms. The van der Waals surface area contributed by atoms with E-state index in [1.54, 1.807) is 4.90 Å². The smallest absolute Gasteiger partial charge is 0.256 e. The van der Waals surface area contributed by atoms with Gasteiger partial charge in [-0.15, -0.1) is 12.4 Å². The van der Waals surface area contributed by atoms with E-state index in [0.29, 0.717) is 26.2 Å². The molecule has 1 fully saturated rings. The van der Waals surface area contributed by atoms with Gasteiger partial charge in [-0.2, -0.15) is 0 Å². The summed E-state index contributed by atoms with van der Waals surface area (Å²) in [6, 6.07) is 4.13. The third-order valence-electron chi connectivity index (χ3n) is 3.59.